The second-order valence-electron chi connectivity index (χ2n) is 6.65. The van der Waals surface area contributed by atoms with Gasteiger partial charge in [-0.3, -0.25) is 4.79 Å². The lowest BCUT2D eigenvalue weighted by Crippen LogP contribution is -2.18. The number of hydrogen-bond acceptors (Lipinski definition) is 6. The maximum absolute atomic E-state index is 11.2. The van der Waals surface area contributed by atoms with E-state index in [0.29, 0.717) is 36.1 Å². The van der Waals surface area contributed by atoms with Crippen LogP contribution in [0.15, 0.2) is 23.2 Å². The number of nitrogens with two attached hydrogens (primary N) is 2. The lowest BCUT2D eigenvalue weighted by Gasteiger charge is -2.23. The van der Waals surface area contributed by atoms with Crippen LogP contribution in [0.4, 0.5) is 5.82 Å². The molecule has 8 heteroatoms. The maximum atomic E-state index is 11.2. The number of ether oxygens (including phenoxy) is 2. The summed E-state index contributed by atoms with van der Waals surface area (Å²) in [4.78, 5) is 15.8. The SMILES string of the molecule is CCC1CC2=C(C=C1Cc1nc(C(C)=N)c(N)n1CCC(N)=O)OCO2. The summed E-state index contributed by atoms with van der Waals surface area (Å²) in [5.41, 5.74) is 13.4. The Morgan fingerprint density at radius 2 is 2.23 bits per heavy atom. The molecule has 0 spiro atoms. The Bertz CT molecular complexity index is 806. The number of carbonyl (C=O) groups excluding carboxylic acids is 1. The van der Waals surface area contributed by atoms with Crippen molar-refractivity contribution in [2.45, 2.75) is 46.1 Å². The normalized spacial score (nSPS) is 18.8. The minimum absolute atomic E-state index is 0.173. The largest absolute Gasteiger partial charge is 0.458 e. The maximum Gasteiger partial charge on any atom is 0.230 e. The molecule has 1 aromatic rings. The molecule has 8 nitrogen and oxygen atoms in total. The standard InChI is InChI=1S/C18H25N5O3/c1-3-11-6-13-14(26-9-25-13)7-12(11)8-16-22-17(10(2)19)18(21)23(16)5-4-15(20)24/h7,11,19H,3-6,8-9,21H2,1-2H3,(H2,20,24). The first-order chi connectivity index (χ1) is 12.4. The Kier molecular flexibility index (Phi) is 5.01. The molecule has 5 N–H and O–H groups in total. The quantitative estimate of drug-likeness (QED) is 0.640. The molecular weight excluding hydrogens is 334 g/mol. The van der Waals surface area contributed by atoms with Crippen LogP contribution in [0, 0.1) is 11.3 Å². The van der Waals surface area contributed by atoms with E-state index in [4.69, 9.17) is 26.4 Å². The molecule has 140 valence electrons. The van der Waals surface area contributed by atoms with E-state index in [1.54, 1.807) is 11.5 Å². The van der Waals surface area contributed by atoms with Crippen molar-refractivity contribution in [2.24, 2.45) is 11.7 Å². The zero-order valence-corrected chi connectivity index (χ0v) is 15.2. The van der Waals surface area contributed by atoms with Gasteiger partial charge in [-0.05, 0) is 25.3 Å². The van der Waals surface area contributed by atoms with Gasteiger partial charge in [-0.25, -0.2) is 4.98 Å². The lowest BCUT2D eigenvalue weighted by atomic mass is 9.85. The molecule has 2 aliphatic rings. The summed E-state index contributed by atoms with van der Waals surface area (Å²) in [7, 11) is 0. The number of amides is 1. The summed E-state index contributed by atoms with van der Waals surface area (Å²) >= 11 is 0. The Morgan fingerprint density at radius 1 is 1.46 bits per heavy atom. The summed E-state index contributed by atoms with van der Waals surface area (Å²) in [6.07, 6.45) is 4.56. The van der Waals surface area contributed by atoms with Crippen molar-refractivity contribution in [3.8, 4) is 0 Å². The summed E-state index contributed by atoms with van der Waals surface area (Å²) in [6.45, 7) is 4.41. The fraction of sp³-hybridized carbons (Fsp3) is 0.500. The number of aromatic nitrogens is 2. The van der Waals surface area contributed by atoms with Gasteiger partial charge in [-0.2, -0.15) is 0 Å². The van der Waals surface area contributed by atoms with E-state index in [1.165, 1.54) is 5.57 Å². The number of anilines is 1. The van der Waals surface area contributed by atoms with E-state index in [0.717, 1.165) is 30.2 Å². The highest BCUT2D eigenvalue weighted by molar-refractivity contribution is 5.98. The van der Waals surface area contributed by atoms with Crippen molar-refractivity contribution in [3.63, 3.8) is 0 Å². The molecule has 3 rings (SSSR count). The van der Waals surface area contributed by atoms with Crippen LogP contribution in [0.5, 0.6) is 0 Å². The zero-order chi connectivity index (χ0) is 18.8. The molecule has 1 aromatic heterocycles. The monoisotopic (exact) mass is 359 g/mol. The average Bonchev–Trinajstić information content (AvgIpc) is 3.16. The fourth-order valence-electron chi connectivity index (χ4n) is 3.42. The topological polar surface area (TPSA) is 129 Å². The van der Waals surface area contributed by atoms with Crippen LogP contribution >= 0.6 is 0 Å². The van der Waals surface area contributed by atoms with Crippen molar-refractivity contribution in [1.82, 2.24) is 9.55 Å². The second-order valence-corrected chi connectivity index (χ2v) is 6.65. The molecule has 1 aliphatic carbocycles. The second kappa shape index (κ2) is 7.23. The van der Waals surface area contributed by atoms with E-state index in [-0.39, 0.29) is 13.2 Å². The number of allylic oxidation sites excluding steroid dienone is 3. The van der Waals surface area contributed by atoms with E-state index < -0.39 is 5.91 Å². The van der Waals surface area contributed by atoms with E-state index >= 15 is 0 Å². The molecular formula is C18H25N5O3. The summed E-state index contributed by atoms with van der Waals surface area (Å²) in [6, 6.07) is 0. The van der Waals surface area contributed by atoms with Crippen LogP contribution < -0.4 is 11.5 Å². The number of hydrogen-bond donors (Lipinski definition) is 3. The van der Waals surface area contributed by atoms with Crippen molar-refractivity contribution in [2.75, 3.05) is 12.5 Å². The number of carbonyl (C=O) groups is 1. The van der Waals surface area contributed by atoms with Crippen LogP contribution in [0.25, 0.3) is 0 Å². The zero-order valence-electron chi connectivity index (χ0n) is 15.2. The van der Waals surface area contributed by atoms with Gasteiger partial charge in [0, 0.05) is 25.8 Å². The van der Waals surface area contributed by atoms with Gasteiger partial charge in [0.05, 0.1) is 5.71 Å². The molecule has 0 saturated heterocycles. The highest BCUT2D eigenvalue weighted by atomic mass is 16.7. The Labute approximate surface area is 152 Å². The summed E-state index contributed by atoms with van der Waals surface area (Å²) in [5.74, 6) is 2.77. The number of nitrogens with zero attached hydrogens (tertiary/aromatic N) is 2. The molecule has 0 radical (unpaired) electrons. The summed E-state index contributed by atoms with van der Waals surface area (Å²) < 4.78 is 12.8. The van der Waals surface area contributed by atoms with Crippen LogP contribution in [-0.2, 0) is 27.2 Å². The van der Waals surface area contributed by atoms with Gasteiger partial charge < -0.3 is 30.9 Å². The first-order valence-corrected chi connectivity index (χ1v) is 8.78. The van der Waals surface area contributed by atoms with E-state index in [1.807, 2.05) is 6.08 Å². The van der Waals surface area contributed by atoms with E-state index in [9.17, 15) is 4.79 Å². The Balaban J connectivity index is 1.93. The third-order valence-electron chi connectivity index (χ3n) is 4.87. The number of imidazole rings is 1. The Hall–Kier alpha value is -2.77. The molecule has 0 fully saturated rings. The van der Waals surface area contributed by atoms with Gasteiger partial charge >= 0.3 is 0 Å². The van der Waals surface area contributed by atoms with Gasteiger partial charge in [0.1, 0.15) is 23.1 Å². The predicted molar refractivity (Wildman–Crippen MR) is 97.2 cm³/mol. The van der Waals surface area contributed by atoms with Crippen LogP contribution in [0.1, 0.15) is 44.6 Å². The number of primary amides is 1. The first-order valence-electron chi connectivity index (χ1n) is 8.78. The van der Waals surface area contributed by atoms with Crippen LogP contribution in [0.2, 0.25) is 0 Å². The molecule has 1 unspecified atom stereocenters. The first kappa shape index (κ1) is 18.0. The molecule has 0 bridgehead atoms. The van der Waals surface area contributed by atoms with Crippen molar-refractivity contribution in [3.05, 3.63) is 34.7 Å². The number of nitrogens with one attached hydrogen (secondary N) is 1. The molecule has 1 amide bonds. The fourth-order valence-corrected chi connectivity index (χ4v) is 3.42. The molecule has 1 atom stereocenters. The molecule has 0 saturated carbocycles. The number of rotatable bonds is 7. The number of nitrogen functional groups attached to an aromatic ring is 1. The van der Waals surface area contributed by atoms with E-state index in [2.05, 4.69) is 11.9 Å². The highest BCUT2D eigenvalue weighted by Gasteiger charge is 2.29. The molecule has 0 aromatic carbocycles. The van der Waals surface area contributed by atoms with Crippen molar-refractivity contribution in [1.29, 1.82) is 5.41 Å². The minimum atomic E-state index is -0.396. The highest BCUT2D eigenvalue weighted by Crippen LogP contribution is 2.37. The van der Waals surface area contributed by atoms with Gasteiger partial charge in [0.2, 0.25) is 12.7 Å². The average molecular weight is 359 g/mol. The van der Waals surface area contributed by atoms with Gasteiger partial charge in [0.25, 0.3) is 0 Å². The lowest BCUT2D eigenvalue weighted by molar-refractivity contribution is -0.118. The smallest absolute Gasteiger partial charge is 0.230 e. The Morgan fingerprint density at radius 3 is 2.88 bits per heavy atom. The minimum Gasteiger partial charge on any atom is -0.458 e. The summed E-state index contributed by atoms with van der Waals surface area (Å²) in [5, 5.41) is 7.89. The van der Waals surface area contributed by atoms with Crippen molar-refractivity contribution >= 4 is 17.4 Å². The van der Waals surface area contributed by atoms with Gasteiger partial charge in [-0.15, -0.1) is 0 Å². The van der Waals surface area contributed by atoms with Crippen molar-refractivity contribution < 1.29 is 14.3 Å². The van der Waals surface area contributed by atoms with Crippen LogP contribution in [-0.4, -0.2) is 28.0 Å². The molecule has 26 heavy (non-hydrogen) atoms. The molecule has 1 aliphatic heterocycles. The third kappa shape index (κ3) is 3.44. The van der Waals surface area contributed by atoms with Gasteiger partial charge in [0.15, 0.2) is 5.76 Å². The van der Waals surface area contributed by atoms with Crippen LogP contribution in [0.3, 0.4) is 0 Å². The van der Waals surface area contributed by atoms with Gasteiger partial charge in [-0.1, -0.05) is 12.5 Å². The predicted octanol–water partition coefficient (Wildman–Crippen LogP) is 1.84. The molecule has 2 heterocycles. The third-order valence-corrected chi connectivity index (χ3v) is 4.87.